The largest absolute Gasteiger partial charge is 0.454 e. The zero-order valence-corrected chi connectivity index (χ0v) is 11.3. The summed E-state index contributed by atoms with van der Waals surface area (Å²) in [5.41, 5.74) is 0.999. The molecule has 0 aliphatic carbocycles. The Balaban J connectivity index is 1.66. The number of ether oxygens (including phenoxy) is 2. The van der Waals surface area contributed by atoms with Crippen LogP contribution in [0.2, 0.25) is 0 Å². The summed E-state index contributed by atoms with van der Waals surface area (Å²) in [6, 6.07) is 5.68. The first kappa shape index (κ1) is 12.8. The molecule has 106 valence electrons. The van der Waals surface area contributed by atoms with E-state index in [0.29, 0.717) is 19.6 Å². The van der Waals surface area contributed by atoms with Crippen molar-refractivity contribution in [1.82, 2.24) is 9.80 Å². The van der Waals surface area contributed by atoms with Gasteiger partial charge < -0.3 is 19.3 Å². The first-order valence-electron chi connectivity index (χ1n) is 6.55. The molecule has 0 atom stereocenters. The summed E-state index contributed by atoms with van der Waals surface area (Å²) in [6.07, 6.45) is 0. The smallest absolute Gasteiger partial charge is 0.242 e. The van der Waals surface area contributed by atoms with Gasteiger partial charge in [0.1, 0.15) is 0 Å². The highest BCUT2D eigenvalue weighted by molar-refractivity contribution is 5.85. The molecule has 0 aromatic heterocycles. The molecule has 2 heterocycles. The Morgan fingerprint density at radius 3 is 2.80 bits per heavy atom. The van der Waals surface area contributed by atoms with Crippen molar-refractivity contribution in [1.29, 1.82) is 0 Å². The van der Waals surface area contributed by atoms with E-state index in [9.17, 15) is 9.59 Å². The average molecular weight is 276 g/mol. The van der Waals surface area contributed by atoms with Gasteiger partial charge in [-0.15, -0.1) is 0 Å². The Morgan fingerprint density at radius 2 is 2.05 bits per heavy atom. The maximum Gasteiger partial charge on any atom is 0.242 e. The summed E-state index contributed by atoms with van der Waals surface area (Å²) in [4.78, 5) is 26.6. The molecule has 20 heavy (non-hydrogen) atoms. The van der Waals surface area contributed by atoms with Gasteiger partial charge in [0, 0.05) is 26.6 Å². The second-order valence-corrected chi connectivity index (χ2v) is 4.94. The molecule has 6 heteroatoms. The highest BCUT2D eigenvalue weighted by Gasteiger charge is 2.25. The second-order valence-electron chi connectivity index (χ2n) is 4.94. The van der Waals surface area contributed by atoms with E-state index in [1.165, 1.54) is 6.92 Å². The SMILES string of the molecule is CC(=O)N1CCN(Cc2ccc3c(c2)OCO3)C(=O)C1. The van der Waals surface area contributed by atoms with Crippen LogP contribution in [-0.2, 0) is 16.1 Å². The minimum absolute atomic E-state index is 0.0240. The van der Waals surface area contributed by atoms with Crippen molar-refractivity contribution >= 4 is 11.8 Å². The maximum absolute atomic E-state index is 12.0. The molecule has 0 unspecified atom stereocenters. The van der Waals surface area contributed by atoms with Gasteiger partial charge in [0.05, 0.1) is 6.54 Å². The van der Waals surface area contributed by atoms with Crippen LogP contribution in [0.4, 0.5) is 0 Å². The molecule has 0 radical (unpaired) electrons. The Labute approximate surface area is 116 Å². The third kappa shape index (κ3) is 2.41. The first-order valence-corrected chi connectivity index (χ1v) is 6.55. The van der Waals surface area contributed by atoms with Crippen LogP contribution < -0.4 is 9.47 Å². The lowest BCUT2D eigenvalue weighted by Gasteiger charge is -2.33. The van der Waals surface area contributed by atoms with Gasteiger partial charge >= 0.3 is 0 Å². The van der Waals surface area contributed by atoms with Crippen LogP contribution in [0, 0.1) is 0 Å². The number of benzene rings is 1. The average Bonchev–Trinajstić information content (AvgIpc) is 2.88. The van der Waals surface area contributed by atoms with Crippen LogP contribution in [0.15, 0.2) is 18.2 Å². The van der Waals surface area contributed by atoms with Gasteiger partial charge in [-0.3, -0.25) is 9.59 Å². The third-order valence-electron chi connectivity index (χ3n) is 3.57. The van der Waals surface area contributed by atoms with Gasteiger partial charge in [-0.05, 0) is 17.7 Å². The van der Waals surface area contributed by atoms with Gasteiger partial charge in [-0.2, -0.15) is 0 Å². The first-order chi connectivity index (χ1) is 9.63. The third-order valence-corrected chi connectivity index (χ3v) is 3.57. The Hall–Kier alpha value is -2.24. The van der Waals surface area contributed by atoms with Gasteiger partial charge in [-0.25, -0.2) is 0 Å². The fraction of sp³-hybridized carbons (Fsp3) is 0.429. The monoisotopic (exact) mass is 276 g/mol. The number of rotatable bonds is 2. The summed E-state index contributed by atoms with van der Waals surface area (Å²) in [6.45, 7) is 3.58. The number of nitrogens with zero attached hydrogens (tertiary/aromatic N) is 2. The highest BCUT2D eigenvalue weighted by Crippen LogP contribution is 2.32. The molecular formula is C14H16N2O4. The van der Waals surface area contributed by atoms with Crippen molar-refractivity contribution in [3.63, 3.8) is 0 Å². The fourth-order valence-corrected chi connectivity index (χ4v) is 2.40. The maximum atomic E-state index is 12.0. The van der Waals surface area contributed by atoms with Crippen LogP contribution in [0.5, 0.6) is 11.5 Å². The molecule has 2 aliphatic heterocycles. The van der Waals surface area contributed by atoms with Crippen LogP contribution in [-0.4, -0.2) is 48.0 Å². The summed E-state index contributed by atoms with van der Waals surface area (Å²) in [5, 5.41) is 0. The zero-order valence-electron chi connectivity index (χ0n) is 11.3. The van der Waals surface area contributed by atoms with E-state index in [2.05, 4.69) is 0 Å². The van der Waals surface area contributed by atoms with Crippen LogP contribution in [0.3, 0.4) is 0 Å². The van der Waals surface area contributed by atoms with E-state index in [1.54, 1.807) is 9.80 Å². The van der Waals surface area contributed by atoms with E-state index < -0.39 is 0 Å². The Kier molecular flexibility index (Phi) is 3.22. The van der Waals surface area contributed by atoms with Crippen molar-refractivity contribution < 1.29 is 19.1 Å². The number of carbonyl (C=O) groups excluding carboxylic acids is 2. The molecule has 1 aromatic rings. The fourth-order valence-electron chi connectivity index (χ4n) is 2.40. The molecule has 0 N–H and O–H groups in total. The van der Waals surface area contributed by atoms with Crippen molar-refractivity contribution in [3.05, 3.63) is 23.8 Å². The molecule has 6 nitrogen and oxygen atoms in total. The Bertz CT molecular complexity index is 558. The van der Waals surface area contributed by atoms with E-state index in [4.69, 9.17) is 9.47 Å². The highest BCUT2D eigenvalue weighted by atomic mass is 16.7. The lowest BCUT2D eigenvalue weighted by molar-refractivity contribution is -0.144. The quantitative estimate of drug-likeness (QED) is 0.794. The number of hydrogen-bond acceptors (Lipinski definition) is 4. The van der Waals surface area contributed by atoms with Crippen molar-refractivity contribution in [2.45, 2.75) is 13.5 Å². The topological polar surface area (TPSA) is 59.1 Å². The number of amides is 2. The second kappa shape index (κ2) is 5.03. The summed E-state index contributed by atoms with van der Waals surface area (Å²) in [7, 11) is 0. The van der Waals surface area contributed by atoms with Gasteiger partial charge in [0.2, 0.25) is 18.6 Å². The number of fused-ring (bicyclic) bond motifs is 1. The van der Waals surface area contributed by atoms with Gasteiger partial charge in [0.15, 0.2) is 11.5 Å². The molecule has 1 fully saturated rings. The van der Waals surface area contributed by atoms with Crippen molar-refractivity contribution in [2.24, 2.45) is 0 Å². The lowest BCUT2D eigenvalue weighted by atomic mass is 10.1. The van der Waals surface area contributed by atoms with E-state index in [1.807, 2.05) is 18.2 Å². The minimum atomic E-state index is -0.0546. The van der Waals surface area contributed by atoms with E-state index in [0.717, 1.165) is 17.1 Å². The molecule has 1 aromatic carbocycles. The standard InChI is InChI=1S/C14H16N2O4/c1-10(17)15-4-5-16(14(18)8-15)7-11-2-3-12-13(6-11)20-9-19-12/h2-3,6H,4-5,7-9H2,1H3. The molecular weight excluding hydrogens is 260 g/mol. The van der Waals surface area contributed by atoms with Crippen LogP contribution in [0.1, 0.15) is 12.5 Å². The normalized spacial score (nSPS) is 17.6. The lowest BCUT2D eigenvalue weighted by Crippen LogP contribution is -2.51. The van der Waals surface area contributed by atoms with Crippen LogP contribution >= 0.6 is 0 Å². The van der Waals surface area contributed by atoms with E-state index >= 15 is 0 Å². The van der Waals surface area contributed by atoms with Crippen molar-refractivity contribution in [3.8, 4) is 11.5 Å². The van der Waals surface area contributed by atoms with Gasteiger partial charge in [-0.1, -0.05) is 6.07 Å². The summed E-state index contributed by atoms with van der Waals surface area (Å²) < 4.78 is 10.6. The number of piperazine rings is 1. The minimum Gasteiger partial charge on any atom is -0.454 e. The molecule has 0 spiro atoms. The molecule has 0 bridgehead atoms. The van der Waals surface area contributed by atoms with Gasteiger partial charge in [0.25, 0.3) is 0 Å². The summed E-state index contributed by atoms with van der Waals surface area (Å²) in [5.74, 6) is 1.38. The van der Waals surface area contributed by atoms with Crippen LogP contribution in [0.25, 0.3) is 0 Å². The zero-order chi connectivity index (χ0) is 14.1. The molecule has 3 rings (SSSR count). The molecule has 2 aliphatic rings. The Morgan fingerprint density at radius 1 is 1.25 bits per heavy atom. The van der Waals surface area contributed by atoms with E-state index in [-0.39, 0.29) is 25.2 Å². The summed E-state index contributed by atoms with van der Waals surface area (Å²) >= 11 is 0. The number of carbonyl (C=O) groups is 2. The predicted octanol–water partition coefficient (Wildman–Crippen LogP) is 0.606. The molecule has 1 saturated heterocycles. The predicted molar refractivity (Wildman–Crippen MR) is 70.2 cm³/mol. The molecule has 2 amide bonds. The molecule has 0 saturated carbocycles. The number of hydrogen-bond donors (Lipinski definition) is 0. The van der Waals surface area contributed by atoms with Crippen molar-refractivity contribution in [2.75, 3.05) is 26.4 Å².